The van der Waals surface area contributed by atoms with Crippen LogP contribution in [0.4, 0.5) is 5.69 Å². The number of halogens is 1. The van der Waals surface area contributed by atoms with Crippen LogP contribution in [0.15, 0.2) is 60.3 Å². The zero-order valence-electron chi connectivity index (χ0n) is 14.1. The standard InChI is InChI=1S/C19H20ClN3O2/c1-3-14-7-4-5-10-17(14)21-18(24)11-13(2)22-23-19(25)15-8-6-9-16(20)12-15/h4-12,22H,3H2,1-2H3,(H,21,24)(H,23,25). The fourth-order valence-corrected chi connectivity index (χ4v) is 2.40. The Morgan fingerprint density at radius 3 is 2.56 bits per heavy atom. The number of para-hydroxylation sites is 1. The molecule has 6 heteroatoms. The average molecular weight is 358 g/mol. The SMILES string of the molecule is CCc1ccccc1NC(=O)C=C(C)NNC(=O)c1cccc(Cl)c1. The van der Waals surface area contributed by atoms with Gasteiger partial charge in [-0.3, -0.25) is 15.0 Å². The predicted molar refractivity (Wildman–Crippen MR) is 100 cm³/mol. The Labute approximate surface area is 152 Å². The summed E-state index contributed by atoms with van der Waals surface area (Å²) in [4.78, 5) is 24.1. The Bertz CT molecular complexity index is 803. The van der Waals surface area contributed by atoms with Gasteiger partial charge in [0.2, 0.25) is 5.91 Å². The average Bonchev–Trinajstić information content (AvgIpc) is 2.60. The molecule has 2 aromatic carbocycles. The summed E-state index contributed by atoms with van der Waals surface area (Å²) < 4.78 is 0. The van der Waals surface area contributed by atoms with Crippen LogP contribution in [-0.2, 0) is 11.2 Å². The van der Waals surface area contributed by atoms with Gasteiger partial charge in [-0.2, -0.15) is 0 Å². The fraction of sp³-hybridized carbons (Fsp3) is 0.158. The summed E-state index contributed by atoms with van der Waals surface area (Å²) in [5.41, 5.74) is 7.99. The second kappa shape index (κ2) is 8.89. The second-order valence-electron chi connectivity index (χ2n) is 5.42. The third-order valence-electron chi connectivity index (χ3n) is 3.46. The maximum atomic E-state index is 12.1. The van der Waals surface area contributed by atoms with E-state index in [9.17, 15) is 9.59 Å². The molecule has 0 aromatic heterocycles. The summed E-state index contributed by atoms with van der Waals surface area (Å²) in [5.74, 6) is -0.616. The molecule has 5 nitrogen and oxygen atoms in total. The van der Waals surface area contributed by atoms with Crippen LogP contribution < -0.4 is 16.2 Å². The van der Waals surface area contributed by atoms with Crippen molar-refractivity contribution in [2.45, 2.75) is 20.3 Å². The largest absolute Gasteiger partial charge is 0.322 e. The van der Waals surface area contributed by atoms with Gasteiger partial charge in [0.25, 0.3) is 5.91 Å². The number of anilines is 1. The molecule has 0 saturated carbocycles. The van der Waals surface area contributed by atoms with Crippen molar-refractivity contribution in [1.82, 2.24) is 10.9 Å². The zero-order chi connectivity index (χ0) is 18.2. The lowest BCUT2D eigenvalue weighted by Crippen LogP contribution is -2.36. The molecule has 130 valence electrons. The van der Waals surface area contributed by atoms with Crippen molar-refractivity contribution in [3.8, 4) is 0 Å². The number of benzene rings is 2. The van der Waals surface area contributed by atoms with E-state index in [-0.39, 0.29) is 11.8 Å². The number of amides is 2. The quantitative estimate of drug-likeness (QED) is 0.545. The van der Waals surface area contributed by atoms with Gasteiger partial charge < -0.3 is 10.7 Å². The molecular formula is C19H20ClN3O2. The molecule has 2 rings (SSSR count). The normalized spacial score (nSPS) is 10.9. The molecule has 0 aliphatic heterocycles. The van der Waals surface area contributed by atoms with Crippen molar-refractivity contribution in [2.75, 3.05) is 5.32 Å². The molecule has 0 bridgehead atoms. The summed E-state index contributed by atoms with van der Waals surface area (Å²) in [6, 6.07) is 14.2. The Hall–Kier alpha value is -2.79. The molecular weight excluding hydrogens is 338 g/mol. The van der Waals surface area contributed by atoms with E-state index in [1.807, 2.05) is 31.2 Å². The van der Waals surface area contributed by atoms with Crippen LogP contribution in [0.25, 0.3) is 0 Å². The van der Waals surface area contributed by atoms with Crippen LogP contribution in [0.1, 0.15) is 29.8 Å². The smallest absolute Gasteiger partial charge is 0.269 e. The van der Waals surface area contributed by atoms with Crippen LogP contribution in [0.3, 0.4) is 0 Å². The van der Waals surface area contributed by atoms with Gasteiger partial charge in [-0.1, -0.05) is 42.8 Å². The third-order valence-corrected chi connectivity index (χ3v) is 3.70. The van der Waals surface area contributed by atoms with Gasteiger partial charge in [0.1, 0.15) is 0 Å². The molecule has 0 unspecified atom stereocenters. The second-order valence-corrected chi connectivity index (χ2v) is 5.85. The van der Waals surface area contributed by atoms with Gasteiger partial charge in [-0.15, -0.1) is 0 Å². The van der Waals surface area contributed by atoms with E-state index in [4.69, 9.17) is 11.6 Å². The minimum absolute atomic E-state index is 0.275. The van der Waals surface area contributed by atoms with Gasteiger partial charge in [0.15, 0.2) is 0 Å². The molecule has 0 aliphatic rings. The summed E-state index contributed by atoms with van der Waals surface area (Å²) in [5, 5.41) is 3.31. The highest BCUT2D eigenvalue weighted by Gasteiger charge is 2.06. The molecule has 2 aromatic rings. The minimum Gasteiger partial charge on any atom is -0.322 e. The maximum absolute atomic E-state index is 12.1. The first-order chi connectivity index (χ1) is 12.0. The summed E-state index contributed by atoms with van der Waals surface area (Å²) in [6.45, 7) is 3.71. The van der Waals surface area contributed by atoms with Gasteiger partial charge >= 0.3 is 0 Å². The number of carbonyl (C=O) groups excluding carboxylic acids is 2. The zero-order valence-corrected chi connectivity index (χ0v) is 14.9. The molecule has 0 aliphatic carbocycles. The molecule has 25 heavy (non-hydrogen) atoms. The van der Waals surface area contributed by atoms with Crippen molar-refractivity contribution in [2.24, 2.45) is 0 Å². The number of hydrazine groups is 1. The van der Waals surface area contributed by atoms with Crippen molar-refractivity contribution >= 4 is 29.1 Å². The first-order valence-electron chi connectivity index (χ1n) is 7.88. The topological polar surface area (TPSA) is 70.2 Å². The van der Waals surface area contributed by atoms with E-state index < -0.39 is 0 Å². The Morgan fingerprint density at radius 1 is 1.08 bits per heavy atom. The van der Waals surface area contributed by atoms with Crippen LogP contribution >= 0.6 is 11.6 Å². The van der Waals surface area contributed by atoms with E-state index in [0.717, 1.165) is 17.7 Å². The lowest BCUT2D eigenvalue weighted by molar-refractivity contribution is -0.112. The van der Waals surface area contributed by atoms with Crippen LogP contribution in [0, 0.1) is 0 Å². The van der Waals surface area contributed by atoms with Crippen molar-refractivity contribution < 1.29 is 9.59 Å². The van der Waals surface area contributed by atoms with E-state index in [0.29, 0.717) is 16.3 Å². The van der Waals surface area contributed by atoms with Crippen LogP contribution in [0.2, 0.25) is 5.02 Å². The Morgan fingerprint density at radius 2 is 1.84 bits per heavy atom. The van der Waals surface area contributed by atoms with Gasteiger partial charge in [-0.05, 0) is 43.2 Å². The third kappa shape index (κ3) is 5.65. The van der Waals surface area contributed by atoms with Crippen molar-refractivity contribution in [1.29, 1.82) is 0 Å². The number of hydrogen-bond acceptors (Lipinski definition) is 3. The maximum Gasteiger partial charge on any atom is 0.269 e. The van der Waals surface area contributed by atoms with Crippen molar-refractivity contribution in [3.63, 3.8) is 0 Å². The van der Waals surface area contributed by atoms with Crippen LogP contribution in [0.5, 0.6) is 0 Å². The summed E-state index contributed by atoms with van der Waals surface area (Å²) in [7, 11) is 0. The number of rotatable bonds is 6. The number of nitrogens with one attached hydrogen (secondary N) is 3. The van der Waals surface area contributed by atoms with E-state index in [2.05, 4.69) is 16.2 Å². The van der Waals surface area contributed by atoms with E-state index in [1.54, 1.807) is 31.2 Å². The van der Waals surface area contributed by atoms with Crippen LogP contribution in [-0.4, -0.2) is 11.8 Å². The molecule has 0 spiro atoms. The Balaban J connectivity index is 1.92. The molecule has 0 atom stereocenters. The monoisotopic (exact) mass is 357 g/mol. The number of aryl methyl sites for hydroxylation is 1. The lowest BCUT2D eigenvalue weighted by Gasteiger charge is -2.10. The summed E-state index contributed by atoms with van der Waals surface area (Å²) >= 11 is 5.86. The Kier molecular flexibility index (Phi) is 6.60. The van der Waals surface area contributed by atoms with Gasteiger partial charge in [-0.25, -0.2) is 0 Å². The number of carbonyl (C=O) groups is 2. The van der Waals surface area contributed by atoms with Gasteiger partial charge in [0, 0.05) is 28.0 Å². The lowest BCUT2D eigenvalue weighted by atomic mass is 10.1. The van der Waals surface area contributed by atoms with E-state index in [1.165, 1.54) is 6.08 Å². The summed E-state index contributed by atoms with van der Waals surface area (Å²) in [6.07, 6.45) is 2.21. The highest BCUT2D eigenvalue weighted by Crippen LogP contribution is 2.15. The first-order valence-corrected chi connectivity index (χ1v) is 8.26. The first kappa shape index (κ1) is 18.5. The van der Waals surface area contributed by atoms with E-state index >= 15 is 0 Å². The predicted octanol–water partition coefficient (Wildman–Crippen LogP) is 3.68. The molecule has 0 heterocycles. The highest BCUT2D eigenvalue weighted by molar-refractivity contribution is 6.30. The van der Waals surface area contributed by atoms with Gasteiger partial charge in [0.05, 0.1) is 0 Å². The highest BCUT2D eigenvalue weighted by atomic mass is 35.5. The number of hydrogen-bond donors (Lipinski definition) is 3. The molecule has 2 amide bonds. The molecule has 0 radical (unpaired) electrons. The molecule has 0 saturated heterocycles. The minimum atomic E-state index is -0.341. The number of allylic oxidation sites excluding steroid dienone is 1. The fourth-order valence-electron chi connectivity index (χ4n) is 2.21. The van der Waals surface area contributed by atoms with Crippen molar-refractivity contribution in [3.05, 3.63) is 76.5 Å². The molecule has 0 fully saturated rings. The molecule has 3 N–H and O–H groups in total.